The first kappa shape index (κ1) is 14.2. The number of hydrogen-bond donors (Lipinski definition) is 0. The molecule has 1 aliphatic carbocycles. The Hall–Kier alpha value is -0.170. The highest BCUT2D eigenvalue weighted by Gasteiger charge is 2.33. The lowest BCUT2D eigenvalue weighted by Crippen LogP contribution is -2.33. The van der Waals surface area contributed by atoms with Gasteiger partial charge in [-0.1, -0.05) is 29.9 Å². The van der Waals surface area contributed by atoms with Gasteiger partial charge in [-0.15, -0.1) is 0 Å². The molecule has 1 fully saturated rings. The number of halogens is 1. The molecule has 0 amide bonds. The van der Waals surface area contributed by atoms with Crippen LogP contribution in [0.1, 0.15) is 31.9 Å². The standard InChI is InChI=1S/C11H17ClN2O2S2/c1-3-6-14(7-9-4-5-9)18(15,16)10-8(2)13-11(12)17-10/h9H,3-7H2,1-2H3. The minimum absolute atomic E-state index is 0.286. The van der Waals surface area contributed by atoms with Crippen LogP contribution in [-0.2, 0) is 10.0 Å². The van der Waals surface area contributed by atoms with Crippen molar-refractivity contribution >= 4 is 33.0 Å². The summed E-state index contributed by atoms with van der Waals surface area (Å²) in [6.45, 7) is 4.87. The summed E-state index contributed by atoms with van der Waals surface area (Å²) in [7, 11) is -3.42. The summed E-state index contributed by atoms with van der Waals surface area (Å²) in [6.07, 6.45) is 3.09. The van der Waals surface area contributed by atoms with Crippen molar-refractivity contribution in [2.45, 2.75) is 37.3 Å². The van der Waals surface area contributed by atoms with Gasteiger partial charge in [0.1, 0.15) is 0 Å². The van der Waals surface area contributed by atoms with Crippen LogP contribution in [0.5, 0.6) is 0 Å². The number of rotatable bonds is 6. The highest BCUT2D eigenvalue weighted by molar-refractivity contribution is 7.91. The predicted molar refractivity (Wildman–Crippen MR) is 73.6 cm³/mol. The molecule has 1 heterocycles. The third-order valence-corrected chi connectivity index (χ3v) is 6.65. The molecule has 0 unspecified atom stereocenters. The number of aryl methyl sites for hydroxylation is 1. The Morgan fingerprint density at radius 3 is 2.61 bits per heavy atom. The summed E-state index contributed by atoms with van der Waals surface area (Å²) in [4.78, 5) is 3.99. The topological polar surface area (TPSA) is 50.3 Å². The summed E-state index contributed by atoms with van der Waals surface area (Å²) in [5.74, 6) is 0.537. The fraction of sp³-hybridized carbons (Fsp3) is 0.727. The number of sulfonamides is 1. The van der Waals surface area contributed by atoms with Gasteiger partial charge >= 0.3 is 0 Å². The summed E-state index contributed by atoms with van der Waals surface area (Å²) in [5, 5.41) is 0. The second kappa shape index (κ2) is 5.45. The average Bonchev–Trinajstić information content (AvgIpc) is 3.02. The summed E-state index contributed by atoms with van der Waals surface area (Å²) >= 11 is 6.84. The third-order valence-electron chi connectivity index (χ3n) is 2.93. The quantitative estimate of drug-likeness (QED) is 0.812. The number of thiazole rings is 1. The van der Waals surface area contributed by atoms with E-state index < -0.39 is 10.0 Å². The van der Waals surface area contributed by atoms with E-state index in [1.165, 1.54) is 0 Å². The second-order valence-electron chi connectivity index (χ2n) is 4.65. The fourth-order valence-electron chi connectivity index (χ4n) is 1.85. The molecule has 18 heavy (non-hydrogen) atoms. The largest absolute Gasteiger partial charge is 0.254 e. The molecule has 0 N–H and O–H groups in total. The Labute approximate surface area is 117 Å². The van der Waals surface area contributed by atoms with E-state index in [-0.39, 0.29) is 4.47 Å². The van der Waals surface area contributed by atoms with Crippen LogP contribution in [0.3, 0.4) is 0 Å². The molecular weight excluding hydrogens is 292 g/mol. The normalized spacial score (nSPS) is 16.4. The van der Waals surface area contributed by atoms with Gasteiger partial charge in [-0.2, -0.15) is 4.31 Å². The number of hydrogen-bond acceptors (Lipinski definition) is 4. The molecule has 1 aromatic heterocycles. The molecule has 0 bridgehead atoms. The molecule has 0 spiro atoms. The fourth-order valence-corrected chi connectivity index (χ4v) is 5.34. The summed E-state index contributed by atoms with van der Waals surface area (Å²) < 4.78 is 27.3. The number of nitrogens with zero attached hydrogens (tertiary/aromatic N) is 2. The van der Waals surface area contributed by atoms with Gasteiger partial charge in [-0.3, -0.25) is 0 Å². The minimum Gasteiger partial charge on any atom is -0.229 e. The van der Waals surface area contributed by atoms with Gasteiger partial charge in [0, 0.05) is 13.1 Å². The van der Waals surface area contributed by atoms with Crippen molar-refractivity contribution in [1.29, 1.82) is 0 Å². The molecule has 0 aliphatic heterocycles. The van der Waals surface area contributed by atoms with E-state index >= 15 is 0 Å². The molecule has 7 heteroatoms. The Morgan fingerprint density at radius 1 is 1.50 bits per heavy atom. The molecule has 0 atom stereocenters. The van der Waals surface area contributed by atoms with Crippen molar-refractivity contribution in [1.82, 2.24) is 9.29 Å². The smallest absolute Gasteiger partial charge is 0.229 e. The van der Waals surface area contributed by atoms with Gasteiger partial charge in [-0.05, 0) is 32.1 Å². The minimum atomic E-state index is -3.42. The van der Waals surface area contributed by atoms with E-state index in [0.717, 1.165) is 30.6 Å². The van der Waals surface area contributed by atoms with E-state index in [9.17, 15) is 8.42 Å². The van der Waals surface area contributed by atoms with Gasteiger partial charge < -0.3 is 0 Å². The molecule has 0 aromatic carbocycles. The van der Waals surface area contributed by atoms with Crippen LogP contribution in [0.25, 0.3) is 0 Å². The molecule has 1 aliphatic rings. The molecule has 4 nitrogen and oxygen atoms in total. The highest BCUT2D eigenvalue weighted by atomic mass is 35.5. The van der Waals surface area contributed by atoms with Crippen LogP contribution in [0, 0.1) is 12.8 Å². The van der Waals surface area contributed by atoms with Crippen molar-refractivity contribution in [3.8, 4) is 0 Å². The zero-order valence-electron chi connectivity index (χ0n) is 10.5. The van der Waals surface area contributed by atoms with Crippen LogP contribution in [0.2, 0.25) is 4.47 Å². The van der Waals surface area contributed by atoms with Crippen LogP contribution in [0.15, 0.2) is 4.21 Å². The van der Waals surface area contributed by atoms with Crippen molar-refractivity contribution < 1.29 is 8.42 Å². The van der Waals surface area contributed by atoms with Gasteiger partial charge in [0.2, 0.25) is 0 Å². The molecule has 0 saturated heterocycles. The van der Waals surface area contributed by atoms with E-state index in [0.29, 0.717) is 28.9 Å². The molecule has 1 saturated carbocycles. The summed E-state index contributed by atoms with van der Waals surface area (Å²) in [5.41, 5.74) is 0.502. The van der Waals surface area contributed by atoms with E-state index in [2.05, 4.69) is 4.98 Å². The van der Waals surface area contributed by atoms with Crippen LogP contribution in [-0.4, -0.2) is 30.8 Å². The van der Waals surface area contributed by atoms with E-state index in [1.807, 2.05) is 6.92 Å². The highest BCUT2D eigenvalue weighted by Crippen LogP contribution is 2.34. The monoisotopic (exact) mass is 308 g/mol. The van der Waals surface area contributed by atoms with Gasteiger partial charge in [0.05, 0.1) is 5.69 Å². The Balaban J connectivity index is 2.28. The van der Waals surface area contributed by atoms with Crippen molar-refractivity contribution in [3.63, 3.8) is 0 Å². The molecule has 1 aromatic rings. The average molecular weight is 309 g/mol. The Morgan fingerprint density at radius 2 is 2.17 bits per heavy atom. The lowest BCUT2D eigenvalue weighted by molar-refractivity contribution is 0.396. The van der Waals surface area contributed by atoms with Gasteiger partial charge in [0.25, 0.3) is 10.0 Å². The van der Waals surface area contributed by atoms with Crippen molar-refractivity contribution in [3.05, 3.63) is 10.2 Å². The lowest BCUT2D eigenvalue weighted by atomic mass is 10.4. The first-order chi connectivity index (χ1) is 8.45. The third kappa shape index (κ3) is 3.04. The Bertz CT molecular complexity index is 523. The maximum atomic E-state index is 12.6. The van der Waals surface area contributed by atoms with Crippen LogP contribution in [0.4, 0.5) is 0 Å². The molecule has 2 rings (SSSR count). The maximum Gasteiger partial charge on any atom is 0.254 e. The van der Waals surface area contributed by atoms with Crippen LogP contribution < -0.4 is 0 Å². The molecule has 0 radical (unpaired) electrons. The van der Waals surface area contributed by atoms with Crippen molar-refractivity contribution in [2.24, 2.45) is 5.92 Å². The first-order valence-corrected chi connectivity index (χ1v) is 8.71. The van der Waals surface area contributed by atoms with Crippen molar-refractivity contribution in [2.75, 3.05) is 13.1 Å². The predicted octanol–water partition coefficient (Wildman–Crippen LogP) is 2.92. The van der Waals surface area contributed by atoms with Gasteiger partial charge in [0.15, 0.2) is 8.68 Å². The molecule has 102 valence electrons. The second-order valence-corrected chi connectivity index (χ2v) is 8.36. The maximum absolute atomic E-state index is 12.6. The van der Waals surface area contributed by atoms with Gasteiger partial charge in [-0.25, -0.2) is 13.4 Å². The zero-order valence-corrected chi connectivity index (χ0v) is 12.9. The Kier molecular flexibility index (Phi) is 4.31. The summed E-state index contributed by atoms with van der Waals surface area (Å²) in [6, 6.07) is 0. The number of aromatic nitrogens is 1. The van der Waals surface area contributed by atoms with Crippen LogP contribution >= 0.6 is 22.9 Å². The SMILES string of the molecule is CCCN(CC1CC1)S(=O)(=O)c1sc(Cl)nc1C. The van der Waals surface area contributed by atoms with E-state index in [1.54, 1.807) is 11.2 Å². The zero-order chi connectivity index (χ0) is 13.3. The lowest BCUT2D eigenvalue weighted by Gasteiger charge is -2.20. The molecular formula is C11H17ClN2O2S2. The first-order valence-electron chi connectivity index (χ1n) is 6.08. The van der Waals surface area contributed by atoms with E-state index in [4.69, 9.17) is 11.6 Å².